The number of carboxylic acid groups (broad SMARTS) is 1. The van der Waals surface area contributed by atoms with Crippen molar-refractivity contribution < 1.29 is 29.1 Å². The molecular formula is C22H21N7O6S4. The van der Waals surface area contributed by atoms with Crippen LogP contribution in [-0.2, 0) is 24.0 Å². The highest BCUT2D eigenvalue weighted by atomic mass is 32.2. The van der Waals surface area contributed by atoms with Crippen LogP contribution in [0.3, 0.4) is 0 Å². The van der Waals surface area contributed by atoms with Crippen LogP contribution in [-0.4, -0.2) is 84.1 Å². The lowest BCUT2D eigenvalue weighted by molar-refractivity contribution is -0.150. The maximum atomic E-state index is 13.3. The van der Waals surface area contributed by atoms with E-state index in [9.17, 15) is 24.3 Å². The summed E-state index contributed by atoms with van der Waals surface area (Å²) in [4.78, 5) is 60.4. The molecule has 1 fully saturated rings. The summed E-state index contributed by atoms with van der Waals surface area (Å²) in [6, 6.07) is -0.958. The molecule has 0 bridgehead atoms. The first-order valence-electron chi connectivity index (χ1n) is 11.6. The summed E-state index contributed by atoms with van der Waals surface area (Å²) >= 11 is 5.17. The number of hydrogen-bond donors (Lipinski definition) is 3. The van der Waals surface area contributed by atoms with Gasteiger partial charge in [0.2, 0.25) is 6.41 Å². The van der Waals surface area contributed by atoms with Gasteiger partial charge in [0, 0.05) is 16.9 Å². The maximum absolute atomic E-state index is 13.3. The number of β-lactam (4-membered cyclic amide) rings is 1. The number of nitrogens with one attached hydrogen (secondary N) is 2. The van der Waals surface area contributed by atoms with E-state index in [-0.39, 0.29) is 28.3 Å². The van der Waals surface area contributed by atoms with Crippen LogP contribution in [0, 0.1) is 0 Å². The third-order valence-electron chi connectivity index (χ3n) is 5.88. The van der Waals surface area contributed by atoms with E-state index in [1.54, 1.807) is 10.9 Å². The Balaban J connectivity index is 1.32. The molecule has 2 aliphatic heterocycles. The highest BCUT2D eigenvalue weighted by Crippen LogP contribution is 2.41. The second-order valence-corrected chi connectivity index (χ2v) is 12.4. The number of fused-ring (bicyclic) bond motifs is 1. The van der Waals surface area contributed by atoms with E-state index in [2.05, 4.69) is 31.0 Å². The average molecular weight is 608 g/mol. The van der Waals surface area contributed by atoms with Crippen molar-refractivity contribution in [3.8, 4) is 0 Å². The van der Waals surface area contributed by atoms with E-state index >= 15 is 0 Å². The van der Waals surface area contributed by atoms with Crippen LogP contribution in [0.4, 0.5) is 5.13 Å². The summed E-state index contributed by atoms with van der Waals surface area (Å²) in [6.07, 6.45) is 6.63. The molecule has 3 atom stereocenters. The van der Waals surface area contributed by atoms with Crippen LogP contribution >= 0.6 is 46.2 Å². The number of nitrogens with zero attached hydrogens (tertiary/aromatic N) is 5. The predicted octanol–water partition coefficient (Wildman–Crippen LogP) is 1.92. The molecule has 2 unspecified atom stereocenters. The van der Waals surface area contributed by atoms with Crippen molar-refractivity contribution in [1.82, 2.24) is 25.4 Å². The summed E-state index contributed by atoms with van der Waals surface area (Å²) in [6.45, 7) is 0. The number of hydrogen-bond acceptors (Lipinski definition) is 13. The standard InChI is InChI=1S/C22H21N7O6S4/c30-9-23-21-25-13(8-37-21)14(28-35-12-4-2-1-3-5-12)17(31)26-15-18(32)29-16(20(33)34)11(6-36-19(15)29)7-38-22-27-24-10-39-22/h2,4,8-10,12,15,19H,1,3,5-7H2,(H,26,31)(H,33,34)(H,23,25,30)/t12?,15?,19-/m1/s1. The SMILES string of the molecule is O=CNc1nc(C(=NOC2C=CCCC2)C(=O)NC2C(=O)N3C(C(=O)O)=C(CSc4nncs4)CS[C@H]23)cs1. The number of aliphatic carboxylic acids is 1. The van der Waals surface area contributed by atoms with Gasteiger partial charge in [0.15, 0.2) is 15.2 Å². The number of amides is 3. The summed E-state index contributed by atoms with van der Waals surface area (Å²) < 4.78 is 0.700. The number of aromatic nitrogens is 3. The lowest BCUT2D eigenvalue weighted by Gasteiger charge is -2.49. The van der Waals surface area contributed by atoms with Crippen molar-refractivity contribution in [2.24, 2.45) is 5.16 Å². The van der Waals surface area contributed by atoms with Crippen molar-refractivity contribution in [3.05, 3.63) is 40.0 Å². The zero-order valence-electron chi connectivity index (χ0n) is 20.0. The number of carbonyl (C=O) groups is 4. The molecule has 1 aliphatic carbocycles. The first-order valence-corrected chi connectivity index (χ1v) is 15.4. The highest BCUT2D eigenvalue weighted by Gasteiger charge is 2.54. The topological polar surface area (TPSA) is 176 Å². The number of rotatable bonds is 11. The Labute approximate surface area is 238 Å². The van der Waals surface area contributed by atoms with Crippen molar-refractivity contribution in [1.29, 1.82) is 0 Å². The van der Waals surface area contributed by atoms with Gasteiger partial charge in [-0.2, -0.15) is 0 Å². The second kappa shape index (κ2) is 12.3. The fourth-order valence-corrected chi connectivity index (χ4v) is 7.70. The Bertz CT molecular complexity index is 1360. The molecule has 17 heteroatoms. The zero-order chi connectivity index (χ0) is 27.4. The van der Waals surface area contributed by atoms with E-state index in [1.807, 2.05) is 12.2 Å². The molecule has 4 heterocycles. The molecule has 3 amide bonds. The number of carboxylic acids is 1. The average Bonchev–Trinajstić information content (AvgIpc) is 3.63. The Kier molecular flexibility index (Phi) is 8.59. The minimum absolute atomic E-state index is 0.0725. The van der Waals surface area contributed by atoms with Gasteiger partial charge in [-0.15, -0.1) is 33.3 Å². The first-order chi connectivity index (χ1) is 19.0. The van der Waals surface area contributed by atoms with Gasteiger partial charge in [-0.05, 0) is 30.9 Å². The summed E-state index contributed by atoms with van der Waals surface area (Å²) in [5.41, 5.74) is 2.13. The summed E-state index contributed by atoms with van der Waals surface area (Å²) in [7, 11) is 0. The second-order valence-electron chi connectivity index (χ2n) is 8.35. The quantitative estimate of drug-likeness (QED) is 0.0850. The lowest BCUT2D eigenvalue weighted by atomic mass is 10.0. The van der Waals surface area contributed by atoms with Gasteiger partial charge in [0.05, 0.1) is 0 Å². The zero-order valence-corrected chi connectivity index (χ0v) is 23.3. The number of anilines is 1. The minimum Gasteiger partial charge on any atom is -0.477 e. The van der Waals surface area contributed by atoms with Gasteiger partial charge in [-0.25, -0.2) is 9.78 Å². The van der Waals surface area contributed by atoms with Crippen LogP contribution in [0.2, 0.25) is 0 Å². The van der Waals surface area contributed by atoms with Gasteiger partial charge in [-0.3, -0.25) is 19.3 Å². The number of thioether (sulfide) groups is 2. The number of carbonyl (C=O) groups excluding carboxylic acids is 3. The largest absolute Gasteiger partial charge is 0.477 e. The Morgan fingerprint density at radius 2 is 2.23 bits per heavy atom. The first kappa shape index (κ1) is 27.3. The third-order valence-corrected chi connectivity index (χ3v) is 9.94. The number of allylic oxidation sites excluding steroid dienone is 1. The summed E-state index contributed by atoms with van der Waals surface area (Å²) in [5, 5.41) is 28.0. The van der Waals surface area contributed by atoms with E-state index in [0.29, 0.717) is 27.8 Å². The van der Waals surface area contributed by atoms with Crippen LogP contribution in [0.1, 0.15) is 25.0 Å². The monoisotopic (exact) mass is 607 g/mol. The van der Waals surface area contributed by atoms with Crippen molar-refractivity contribution >= 4 is 81.2 Å². The van der Waals surface area contributed by atoms with Gasteiger partial charge in [-0.1, -0.05) is 34.3 Å². The fourth-order valence-electron chi connectivity index (χ4n) is 4.07. The smallest absolute Gasteiger partial charge is 0.352 e. The van der Waals surface area contributed by atoms with Crippen LogP contribution in [0.25, 0.3) is 0 Å². The molecule has 39 heavy (non-hydrogen) atoms. The van der Waals surface area contributed by atoms with Crippen LogP contribution < -0.4 is 10.6 Å². The van der Waals surface area contributed by atoms with Crippen LogP contribution in [0.5, 0.6) is 0 Å². The molecule has 5 rings (SSSR count). The van der Waals surface area contributed by atoms with Crippen molar-refractivity contribution in [2.75, 3.05) is 16.8 Å². The molecule has 0 radical (unpaired) electrons. The number of oxime groups is 1. The molecule has 3 aliphatic rings. The van der Waals surface area contributed by atoms with Crippen molar-refractivity contribution in [2.45, 2.75) is 41.1 Å². The molecule has 0 saturated carbocycles. The highest BCUT2D eigenvalue weighted by molar-refractivity contribution is 8.01. The molecule has 1 saturated heterocycles. The van der Waals surface area contributed by atoms with Gasteiger partial charge in [0.25, 0.3) is 11.8 Å². The van der Waals surface area contributed by atoms with E-state index < -0.39 is 29.2 Å². The molecule has 3 N–H and O–H groups in total. The summed E-state index contributed by atoms with van der Waals surface area (Å²) in [5.74, 6) is -1.72. The fraction of sp³-hybridized carbons (Fsp3) is 0.364. The third kappa shape index (κ3) is 6.00. The normalized spacial score (nSPS) is 22.7. The maximum Gasteiger partial charge on any atom is 0.352 e. The lowest BCUT2D eigenvalue weighted by Crippen LogP contribution is -2.71. The molecule has 2 aromatic heterocycles. The Morgan fingerprint density at radius 3 is 2.95 bits per heavy atom. The Hall–Kier alpha value is -3.28. The molecule has 0 aromatic carbocycles. The van der Waals surface area contributed by atoms with Crippen molar-refractivity contribution in [3.63, 3.8) is 0 Å². The predicted molar refractivity (Wildman–Crippen MR) is 147 cm³/mol. The number of thiazole rings is 1. The van der Waals surface area contributed by atoms with Gasteiger partial charge in [0.1, 0.15) is 34.4 Å². The molecular weight excluding hydrogens is 587 g/mol. The van der Waals surface area contributed by atoms with E-state index in [4.69, 9.17) is 4.84 Å². The Morgan fingerprint density at radius 1 is 1.36 bits per heavy atom. The van der Waals surface area contributed by atoms with Gasteiger partial charge < -0.3 is 20.6 Å². The molecule has 0 spiro atoms. The van der Waals surface area contributed by atoms with E-state index in [0.717, 1.165) is 30.6 Å². The molecule has 13 nitrogen and oxygen atoms in total. The molecule has 2 aromatic rings. The van der Waals surface area contributed by atoms with Gasteiger partial charge >= 0.3 is 5.97 Å². The van der Waals surface area contributed by atoms with Crippen LogP contribution in [0.15, 0.2) is 43.8 Å². The minimum atomic E-state index is -1.21. The molecule has 204 valence electrons. The van der Waals surface area contributed by atoms with E-state index in [1.165, 1.54) is 39.8 Å².